The van der Waals surface area contributed by atoms with Gasteiger partial charge in [0.15, 0.2) is 0 Å². The number of halogens is 2. The summed E-state index contributed by atoms with van der Waals surface area (Å²) in [6, 6.07) is 11.6. The lowest BCUT2D eigenvalue weighted by atomic mass is 10.0. The first-order chi connectivity index (χ1) is 19.3. The van der Waals surface area contributed by atoms with Gasteiger partial charge in [-0.15, -0.1) is 24.8 Å². The largest absolute Gasteiger partial charge is 0.377 e. The number of carbonyl (C=O) groups excluding carboxylic acids is 1. The highest BCUT2D eigenvalue weighted by Gasteiger charge is 2.35. The van der Waals surface area contributed by atoms with E-state index in [1.807, 2.05) is 54.2 Å². The lowest BCUT2D eigenvalue weighted by molar-refractivity contribution is -0.138. The number of likely N-dealkylation sites (tertiary alicyclic amines) is 1. The van der Waals surface area contributed by atoms with E-state index in [0.29, 0.717) is 17.5 Å². The van der Waals surface area contributed by atoms with Crippen LogP contribution >= 0.6 is 24.8 Å². The van der Waals surface area contributed by atoms with E-state index in [4.69, 9.17) is 4.74 Å². The van der Waals surface area contributed by atoms with E-state index in [1.165, 1.54) is 12.8 Å². The molecule has 5 rings (SSSR count). The summed E-state index contributed by atoms with van der Waals surface area (Å²) in [5.41, 5.74) is 0.985. The maximum absolute atomic E-state index is 14.0. The number of sulfonamides is 1. The zero-order chi connectivity index (χ0) is 28.3. The molecule has 3 saturated heterocycles. The quantitative estimate of drug-likeness (QED) is 0.435. The molecule has 3 aliphatic heterocycles. The molecule has 1 amide bonds. The van der Waals surface area contributed by atoms with Gasteiger partial charge in [0.05, 0.1) is 11.5 Å². The molecule has 3 fully saturated rings. The van der Waals surface area contributed by atoms with Crippen molar-refractivity contribution in [3.8, 4) is 0 Å². The molecule has 0 saturated carbocycles. The van der Waals surface area contributed by atoms with Crippen molar-refractivity contribution in [2.24, 2.45) is 0 Å². The van der Waals surface area contributed by atoms with Crippen molar-refractivity contribution in [3.05, 3.63) is 36.4 Å². The van der Waals surface area contributed by atoms with Crippen LogP contribution in [0.25, 0.3) is 10.8 Å². The molecule has 12 heteroatoms. The first-order valence-corrected chi connectivity index (χ1v) is 16.2. The molecular formula is C30H47Cl2N5O4S. The Bertz CT molecular complexity index is 1280. The fraction of sp³-hybridized carbons (Fsp3) is 0.633. The predicted molar refractivity (Wildman–Crippen MR) is 174 cm³/mol. The smallest absolute Gasteiger partial charge is 0.248 e. The third kappa shape index (κ3) is 7.70. The van der Waals surface area contributed by atoms with Gasteiger partial charge in [0.1, 0.15) is 6.61 Å². The summed E-state index contributed by atoms with van der Waals surface area (Å²) in [5.74, 6) is -0.00138. The number of ether oxygens (including phenoxy) is 1. The molecule has 1 unspecified atom stereocenters. The molecule has 0 aromatic heterocycles. The fourth-order valence-electron chi connectivity index (χ4n) is 6.53. The molecular weight excluding hydrogens is 597 g/mol. The number of anilines is 1. The van der Waals surface area contributed by atoms with E-state index in [-0.39, 0.29) is 50.0 Å². The highest BCUT2D eigenvalue weighted by Crippen LogP contribution is 2.34. The van der Waals surface area contributed by atoms with E-state index >= 15 is 0 Å². The van der Waals surface area contributed by atoms with E-state index in [2.05, 4.69) is 16.8 Å². The Balaban J connectivity index is 0.00000242. The second-order valence-electron chi connectivity index (χ2n) is 11.8. The maximum Gasteiger partial charge on any atom is 0.248 e. The number of benzene rings is 2. The standard InChI is InChI=1S/C30H45N5O4S.2ClH/c1-31(2)28-11-6-10-27-26(28)9-7-12-29(27)40(37,38)35-15-5-4-8-25(35)22-39-23-30(36)34-20-18-33(19-21-34)24-13-16-32(3)17-14-24;;/h6-7,9-12,24-25H,4-5,8,13-23H2,1-3H3;2*1H. The van der Waals surface area contributed by atoms with Gasteiger partial charge in [0.2, 0.25) is 15.9 Å². The van der Waals surface area contributed by atoms with Gasteiger partial charge in [-0.2, -0.15) is 4.31 Å². The number of hydrogen-bond acceptors (Lipinski definition) is 7. The average Bonchev–Trinajstić information content (AvgIpc) is 2.97. The van der Waals surface area contributed by atoms with Crippen molar-refractivity contribution in [1.82, 2.24) is 19.0 Å². The Morgan fingerprint density at radius 3 is 2.24 bits per heavy atom. The van der Waals surface area contributed by atoms with Crippen molar-refractivity contribution in [2.75, 3.05) is 85.1 Å². The van der Waals surface area contributed by atoms with Crippen LogP contribution in [-0.4, -0.2) is 126 Å². The summed E-state index contributed by atoms with van der Waals surface area (Å²) in [6.45, 7) is 6.26. The van der Waals surface area contributed by atoms with Crippen LogP contribution in [0.5, 0.6) is 0 Å². The van der Waals surface area contributed by atoms with Crippen LogP contribution in [0.4, 0.5) is 5.69 Å². The lowest BCUT2D eigenvalue weighted by Crippen LogP contribution is -2.54. The van der Waals surface area contributed by atoms with Crippen LogP contribution in [-0.2, 0) is 19.6 Å². The van der Waals surface area contributed by atoms with Crippen molar-refractivity contribution < 1.29 is 17.9 Å². The van der Waals surface area contributed by atoms with Gasteiger partial charge in [0, 0.05) is 75.4 Å². The first kappa shape index (κ1) is 34.8. The second-order valence-corrected chi connectivity index (χ2v) is 13.6. The zero-order valence-corrected chi connectivity index (χ0v) is 27.6. The molecule has 2 aromatic carbocycles. The SMILES string of the molecule is CN1CCC(N2CCN(C(=O)COCC3CCCCN3S(=O)(=O)c3cccc4c(N(C)C)cccc34)CC2)CC1.Cl.Cl. The van der Waals surface area contributed by atoms with Gasteiger partial charge in [-0.05, 0) is 58.0 Å². The summed E-state index contributed by atoms with van der Waals surface area (Å²) in [6.07, 6.45) is 4.90. The third-order valence-electron chi connectivity index (χ3n) is 8.91. The molecule has 0 N–H and O–H groups in total. The second kappa shape index (κ2) is 15.4. The molecule has 3 heterocycles. The molecule has 3 aliphatic rings. The van der Waals surface area contributed by atoms with Crippen LogP contribution in [0.15, 0.2) is 41.3 Å². The summed E-state index contributed by atoms with van der Waals surface area (Å²) in [4.78, 5) is 22.1. The number of piperazine rings is 1. The molecule has 0 bridgehead atoms. The number of piperidine rings is 2. The van der Waals surface area contributed by atoms with Crippen LogP contribution in [0.2, 0.25) is 0 Å². The molecule has 0 aliphatic carbocycles. The number of hydrogen-bond donors (Lipinski definition) is 0. The Morgan fingerprint density at radius 1 is 0.881 bits per heavy atom. The van der Waals surface area contributed by atoms with E-state index in [0.717, 1.165) is 75.0 Å². The number of amides is 1. The highest BCUT2D eigenvalue weighted by atomic mass is 35.5. The lowest BCUT2D eigenvalue weighted by Gasteiger charge is -2.42. The molecule has 0 radical (unpaired) electrons. The monoisotopic (exact) mass is 643 g/mol. The van der Waals surface area contributed by atoms with E-state index < -0.39 is 10.0 Å². The topological polar surface area (TPSA) is 76.6 Å². The molecule has 9 nitrogen and oxygen atoms in total. The maximum atomic E-state index is 14.0. The minimum Gasteiger partial charge on any atom is -0.377 e. The predicted octanol–water partition coefficient (Wildman–Crippen LogP) is 3.55. The van der Waals surface area contributed by atoms with Crippen molar-refractivity contribution in [1.29, 1.82) is 0 Å². The van der Waals surface area contributed by atoms with Gasteiger partial charge < -0.3 is 19.4 Å². The Labute approximate surface area is 264 Å². The normalized spacial score (nSPS) is 21.5. The van der Waals surface area contributed by atoms with Gasteiger partial charge in [-0.25, -0.2) is 8.42 Å². The van der Waals surface area contributed by atoms with Crippen molar-refractivity contribution in [3.63, 3.8) is 0 Å². The number of rotatable bonds is 8. The average molecular weight is 645 g/mol. The summed E-state index contributed by atoms with van der Waals surface area (Å²) in [7, 11) is 2.37. The summed E-state index contributed by atoms with van der Waals surface area (Å²) < 4.78 is 35.5. The van der Waals surface area contributed by atoms with Crippen LogP contribution in [0, 0.1) is 0 Å². The minimum atomic E-state index is -3.74. The van der Waals surface area contributed by atoms with Crippen molar-refractivity contribution in [2.45, 2.75) is 49.1 Å². The molecule has 42 heavy (non-hydrogen) atoms. The van der Waals surface area contributed by atoms with Crippen LogP contribution < -0.4 is 4.90 Å². The van der Waals surface area contributed by atoms with Gasteiger partial charge in [0.25, 0.3) is 0 Å². The Morgan fingerprint density at radius 2 is 1.55 bits per heavy atom. The van der Waals surface area contributed by atoms with E-state index in [1.54, 1.807) is 10.4 Å². The molecule has 0 spiro atoms. The molecule has 2 aromatic rings. The molecule has 236 valence electrons. The number of fused-ring (bicyclic) bond motifs is 1. The zero-order valence-electron chi connectivity index (χ0n) is 25.1. The fourth-order valence-corrected chi connectivity index (χ4v) is 8.42. The van der Waals surface area contributed by atoms with Gasteiger partial charge in [-0.3, -0.25) is 9.69 Å². The third-order valence-corrected chi connectivity index (χ3v) is 10.9. The first-order valence-electron chi connectivity index (χ1n) is 14.7. The minimum absolute atomic E-state index is 0. The highest BCUT2D eigenvalue weighted by molar-refractivity contribution is 7.89. The van der Waals surface area contributed by atoms with Gasteiger partial charge >= 0.3 is 0 Å². The summed E-state index contributed by atoms with van der Waals surface area (Å²) in [5, 5.41) is 1.65. The molecule has 1 atom stereocenters. The Hall–Kier alpha value is -1.66. The number of nitrogens with zero attached hydrogens (tertiary/aromatic N) is 5. The Kier molecular flexibility index (Phi) is 12.7. The van der Waals surface area contributed by atoms with Gasteiger partial charge in [-0.1, -0.05) is 30.7 Å². The van der Waals surface area contributed by atoms with E-state index in [9.17, 15) is 13.2 Å². The number of carbonyl (C=O) groups is 1. The van der Waals surface area contributed by atoms with Crippen LogP contribution in [0.3, 0.4) is 0 Å². The summed E-state index contributed by atoms with van der Waals surface area (Å²) >= 11 is 0. The van der Waals surface area contributed by atoms with Crippen molar-refractivity contribution >= 4 is 57.2 Å². The van der Waals surface area contributed by atoms with Crippen LogP contribution in [0.1, 0.15) is 32.1 Å².